The van der Waals surface area contributed by atoms with Crippen LogP contribution >= 0.6 is 0 Å². The number of methoxy groups -OCH3 is 1. The van der Waals surface area contributed by atoms with Gasteiger partial charge < -0.3 is 69.6 Å². The number of cyclic esters (lactones) is 1. The number of carbonyl (C=O) groups excluding carboxylic acids is 4. The van der Waals surface area contributed by atoms with E-state index >= 15 is 0 Å². The van der Waals surface area contributed by atoms with Crippen LogP contribution < -0.4 is 0 Å². The van der Waals surface area contributed by atoms with Gasteiger partial charge in [0, 0.05) is 12.0 Å². The number of aromatic hydroxyl groups is 6. The van der Waals surface area contributed by atoms with Gasteiger partial charge >= 0.3 is 29.8 Å². The first-order chi connectivity index (χ1) is 22.1. The van der Waals surface area contributed by atoms with Crippen molar-refractivity contribution >= 4 is 29.8 Å². The highest BCUT2D eigenvalue weighted by atomic mass is 16.7. The fourth-order valence-electron chi connectivity index (χ4n) is 5.19. The zero-order valence-corrected chi connectivity index (χ0v) is 24.0. The highest BCUT2D eigenvalue weighted by Crippen LogP contribution is 2.49. The minimum absolute atomic E-state index is 0.410. The number of benzene rings is 2. The summed E-state index contributed by atoms with van der Waals surface area (Å²) >= 11 is 0. The minimum Gasteiger partial charge on any atom is -0.504 e. The summed E-state index contributed by atoms with van der Waals surface area (Å²) in [6.07, 6.45) is -10.3. The maximum Gasteiger partial charge on any atom is 0.347 e. The molecule has 2 saturated heterocycles. The molecule has 2 aromatic carbocycles. The second-order valence-electron chi connectivity index (χ2n) is 10.4. The van der Waals surface area contributed by atoms with E-state index in [1.54, 1.807) is 0 Å². The average Bonchev–Trinajstić information content (AvgIpc) is 3.02. The molecule has 0 bridgehead atoms. The van der Waals surface area contributed by atoms with Crippen LogP contribution in [0.4, 0.5) is 0 Å². The summed E-state index contributed by atoms with van der Waals surface area (Å²) in [5, 5.41) is 90.7. The van der Waals surface area contributed by atoms with Gasteiger partial charge in [0.05, 0.1) is 55.3 Å². The van der Waals surface area contributed by atoms with Crippen LogP contribution in [0.5, 0.6) is 34.5 Å². The lowest BCUT2D eigenvalue weighted by atomic mass is 9.76. The van der Waals surface area contributed by atoms with Gasteiger partial charge in [0.25, 0.3) is 0 Å². The van der Waals surface area contributed by atoms with Crippen LogP contribution in [0.15, 0.2) is 18.2 Å². The van der Waals surface area contributed by atoms with Crippen LogP contribution in [-0.4, -0.2) is 120 Å². The van der Waals surface area contributed by atoms with E-state index in [0.29, 0.717) is 18.2 Å². The summed E-state index contributed by atoms with van der Waals surface area (Å²) < 4.78 is 25.5. The van der Waals surface area contributed by atoms with E-state index in [-0.39, 0.29) is 0 Å². The van der Waals surface area contributed by atoms with Crippen molar-refractivity contribution in [3.63, 3.8) is 0 Å². The number of carbonyl (C=O) groups is 5. The number of carboxylic acids is 1. The Bertz CT molecular complexity index is 1580. The van der Waals surface area contributed by atoms with Crippen LogP contribution in [0.25, 0.3) is 0 Å². The molecule has 0 unspecified atom stereocenters. The molecule has 2 aliphatic heterocycles. The van der Waals surface area contributed by atoms with Crippen LogP contribution in [0.3, 0.4) is 0 Å². The van der Waals surface area contributed by atoms with Gasteiger partial charge in [-0.15, -0.1) is 0 Å². The number of hydrogen-bond donors (Lipinski definition) is 9. The zero-order valence-electron chi connectivity index (χ0n) is 24.0. The Balaban J connectivity index is 1.76. The van der Waals surface area contributed by atoms with E-state index < -0.39 is 143 Å². The number of rotatable bonds is 8. The molecule has 2 aromatic rings. The van der Waals surface area contributed by atoms with Crippen LogP contribution in [0.2, 0.25) is 0 Å². The van der Waals surface area contributed by atoms with Crippen LogP contribution in [0.1, 0.15) is 45.0 Å². The van der Waals surface area contributed by atoms with Gasteiger partial charge in [0.15, 0.2) is 34.9 Å². The lowest BCUT2D eigenvalue weighted by molar-refractivity contribution is -0.250. The van der Waals surface area contributed by atoms with Gasteiger partial charge in [-0.1, -0.05) is 0 Å². The Kier molecular flexibility index (Phi) is 9.83. The molecule has 9 N–H and O–H groups in total. The normalized spacial score (nSPS) is 25.7. The van der Waals surface area contributed by atoms with E-state index in [4.69, 9.17) is 18.9 Å². The topological polar surface area (TPSA) is 314 Å². The molecule has 2 fully saturated rings. The predicted octanol–water partition coefficient (Wildman–Crippen LogP) is -0.956. The van der Waals surface area contributed by atoms with E-state index in [2.05, 4.69) is 4.74 Å². The monoisotopic (exact) mass is 668 g/mol. The van der Waals surface area contributed by atoms with Crippen LogP contribution in [-0.2, 0) is 38.1 Å². The summed E-state index contributed by atoms with van der Waals surface area (Å²) in [6.45, 7) is -0.720. The Labute approximate surface area is 262 Å². The molecular formula is C28H28O19. The minimum atomic E-state index is -2.09. The van der Waals surface area contributed by atoms with Gasteiger partial charge in [-0.25, -0.2) is 14.4 Å². The molecule has 4 rings (SSSR count). The molecule has 19 heteroatoms. The second-order valence-corrected chi connectivity index (χ2v) is 10.4. The van der Waals surface area contributed by atoms with Gasteiger partial charge in [0.1, 0.15) is 0 Å². The van der Waals surface area contributed by atoms with Crippen molar-refractivity contribution in [3.05, 3.63) is 34.9 Å². The molecule has 2 aliphatic rings. The Morgan fingerprint density at radius 3 is 2.09 bits per heavy atom. The zero-order chi connectivity index (χ0) is 34.9. The number of aliphatic carboxylic acids is 1. The van der Waals surface area contributed by atoms with Crippen molar-refractivity contribution < 1.29 is 93.6 Å². The molecule has 47 heavy (non-hydrogen) atoms. The smallest absolute Gasteiger partial charge is 0.347 e. The third-order valence-corrected chi connectivity index (χ3v) is 7.46. The molecule has 0 aliphatic carbocycles. The van der Waals surface area contributed by atoms with Gasteiger partial charge in [-0.2, -0.15) is 0 Å². The molecule has 7 atom stereocenters. The Morgan fingerprint density at radius 1 is 0.894 bits per heavy atom. The molecule has 254 valence electrons. The molecule has 0 saturated carbocycles. The summed E-state index contributed by atoms with van der Waals surface area (Å²) in [4.78, 5) is 63.4. The lowest BCUT2D eigenvalue weighted by Crippen LogP contribution is -2.53. The highest BCUT2D eigenvalue weighted by Gasteiger charge is 2.51. The van der Waals surface area contributed by atoms with Crippen molar-refractivity contribution in [3.8, 4) is 34.5 Å². The van der Waals surface area contributed by atoms with Gasteiger partial charge in [-0.05, 0) is 18.2 Å². The SMILES string of the molecule is COC(=O)[C@H]1OC(=O)C[C@H](C(=O)O)[C@H]1c1c(C(=O)O[C@H]2[C@H](OC(=O)c3cc(O)c(O)c(O)c3)O[C@H](CO)C[C@H]2O)cc(O)c(O)c1O. The van der Waals surface area contributed by atoms with Crippen molar-refractivity contribution in [1.29, 1.82) is 0 Å². The Hall–Kier alpha value is -5.53. The summed E-state index contributed by atoms with van der Waals surface area (Å²) in [5.41, 5.74) is -2.30. The van der Waals surface area contributed by atoms with Crippen molar-refractivity contribution in [2.75, 3.05) is 13.7 Å². The van der Waals surface area contributed by atoms with E-state index in [1.807, 2.05) is 0 Å². The molecule has 19 nitrogen and oxygen atoms in total. The molecule has 2 heterocycles. The number of aliphatic hydroxyl groups is 2. The predicted molar refractivity (Wildman–Crippen MR) is 144 cm³/mol. The first-order valence-corrected chi connectivity index (χ1v) is 13.5. The fourth-order valence-corrected chi connectivity index (χ4v) is 5.19. The third-order valence-electron chi connectivity index (χ3n) is 7.46. The maximum atomic E-state index is 13.7. The van der Waals surface area contributed by atoms with Crippen LogP contribution in [0, 0.1) is 5.92 Å². The number of esters is 4. The van der Waals surface area contributed by atoms with Crippen molar-refractivity contribution in [1.82, 2.24) is 0 Å². The first-order valence-electron chi connectivity index (χ1n) is 13.5. The number of phenolic OH excluding ortho intramolecular Hbond substituents is 6. The largest absolute Gasteiger partial charge is 0.504 e. The van der Waals surface area contributed by atoms with Gasteiger partial charge in [-0.3, -0.25) is 9.59 Å². The maximum absolute atomic E-state index is 13.7. The molecule has 0 spiro atoms. The number of aliphatic hydroxyl groups excluding tert-OH is 2. The second kappa shape index (κ2) is 13.4. The lowest BCUT2D eigenvalue weighted by Gasteiger charge is -2.38. The number of phenols is 6. The van der Waals surface area contributed by atoms with E-state index in [9.17, 15) is 69.9 Å². The quantitative estimate of drug-likeness (QED) is 0.0929. The first kappa shape index (κ1) is 34.3. The Morgan fingerprint density at radius 2 is 1.51 bits per heavy atom. The molecule has 0 aromatic heterocycles. The average molecular weight is 669 g/mol. The van der Waals surface area contributed by atoms with Crippen molar-refractivity contribution in [2.45, 2.75) is 49.5 Å². The number of hydrogen-bond acceptors (Lipinski definition) is 18. The summed E-state index contributed by atoms with van der Waals surface area (Å²) in [5.74, 6) is -17.4. The summed E-state index contributed by atoms with van der Waals surface area (Å²) in [7, 11) is 0.868. The number of carboxylic acid groups (broad SMARTS) is 1. The summed E-state index contributed by atoms with van der Waals surface area (Å²) in [6, 6.07) is 1.91. The van der Waals surface area contributed by atoms with Crippen molar-refractivity contribution in [2.24, 2.45) is 5.92 Å². The molecule has 0 amide bonds. The molecular weight excluding hydrogens is 640 g/mol. The van der Waals surface area contributed by atoms with E-state index in [1.165, 1.54) is 0 Å². The number of ether oxygens (including phenoxy) is 5. The standard InChI is InChI=1S/C28H28O19/c1-43-27(42)23-18(10(24(38)39)6-16(34)45-23)17-11(5-14(32)20(36)21(17)37)26(41)46-22-15(33)4-9(7-29)44-28(22)47-25(40)8-2-12(30)19(35)13(31)3-8/h2-3,5,9-10,15,18,22-23,28-33,35-37H,4,6-7H2,1H3,(H,38,39)/t9-,10-,15+,18-,22+,23-,28-/m0/s1. The van der Waals surface area contributed by atoms with Gasteiger partial charge in [0.2, 0.25) is 18.1 Å². The molecule has 0 radical (unpaired) electrons. The fraction of sp³-hybridized carbons (Fsp3) is 0.393. The van der Waals surface area contributed by atoms with E-state index in [0.717, 1.165) is 7.11 Å². The highest BCUT2D eigenvalue weighted by molar-refractivity contribution is 5.96. The third kappa shape index (κ3) is 6.71.